The lowest BCUT2D eigenvalue weighted by Crippen LogP contribution is -2.40. The van der Waals surface area contributed by atoms with E-state index in [-0.39, 0.29) is 30.4 Å². The van der Waals surface area contributed by atoms with Crippen molar-refractivity contribution in [3.63, 3.8) is 0 Å². The van der Waals surface area contributed by atoms with Gasteiger partial charge in [0.2, 0.25) is 11.8 Å². The van der Waals surface area contributed by atoms with Crippen LogP contribution in [-0.2, 0) is 0 Å². The number of hydrogen-bond donors (Lipinski definition) is 2. The SMILES string of the molecule is CN(C)c1nc(NC2CCC(NC(=O)c3cccnc3Oc3ccccc3)CC2)ncc1Cl.Cl. The standard InChI is InChI=1S/C24H27ClN6O2.ClH/c1-31(2)21-20(25)15-27-24(30-21)29-17-12-10-16(11-13-17)28-22(32)19-9-6-14-26-23(19)33-18-7-4-3-5-8-18;/h3-9,14-17H,10-13H2,1-2H3,(H,28,32)(H,27,29,30);1H. The van der Waals surface area contributed by atoms with Gasteiger partial charge in [-0.2, -0.15) is 4.98 Å². The van der Waals surface area contributed by atoms with Crippen molar-refractivity contribution in [3.05, 3.63) is 65.4 Å². The fraction of sp³-hybridized carbons (Fsp3) is 0.333. The van der Waals surface area contributed by atoms with Crippen molar-refractivity contribution in [1.29, 1.82) is 0 Å². The van der Waals surface area contributed by atoms with Crippen LogP contribution in [0.15, 0.2) is 54.9 Å². The number of carbonyl (C=O) groups is 1. The second-order valence-electron chi connectivity index (χ2n) is 8.20. The van der Waals surface area contributed by atoms with Crippen LogP contribution in [0.5, 0.6) is 11.6 Å². The normalized spacial score (nSPS) is 17.3. The predicted molar refractivity (Wildman–Crippen MR) is 137 cm³/mol. The smallest absolute Gasteiger partial charge is 0.257 e. The van der Waals surface area contributed by atoms with Gasteiger partial charge in [-0.3, -0.25) is 4.79 Å². The molecule has 0 aliphatic heterocycles. The summed E-state index contributed by atoms with van der Waals surface area (Å²) < 4.78 is 5.83. The van der Waals surface area contributed by atoms with E-state index in [0.29, 0.717) is 34.0 Å². The Morgan fingerprint density at radius 3 is 2.44 bits per heavy atom. The van der Waals surface area contributed by atoms with Gasteiger partial charge < -0.3 is 20.3 Å². The molecule has 0 saturated heterocycles. The zero-order valence-corrected chi connectivity index (χ0v) is 20.6. The molecule has 0 atom stereocenters. The van der Waals surface area contributed by atoms with Crippen molar-refractivity contribution in [1.82, 2.24) is 20.3 Å². The number of nitrogens with one attached hydrogen (secondary N) is 2. The van der Waals surface area contributed by atoms with Crippen LogP contribution in [0.4, 0.5) is 11.8 Å². The molecule has 2 N–H and O–H groups in total. The molecule has 2 aromatic heterocycles. The highest BCUT2D eigenvalue weighted by Gasteiger charge is 2.25. The minimum absolute atomic E-state index is 0. The van der Waals surface area contributed by atoms with Crippen molar-refractivity contribution < 1.29 is 9.53 Å². The van der Waals surface area contributed by atoms with E-state index in [1.54, 1.807) is 24.5 Å². The quantitative estimate of drug-likeness (QED) is 0.471. The minimum atomic E-state index is -0.179. The third kappa shape index (κ3) is 6.48. The fourth-order valence-corrected chi connectivity index (χ4v) is 4.07. The molecule has 3 aromatic rings. The lowest BCUT2D eigenvalue weighted by Gasteiger charge is -2.30. The van der Waals surface area contributed by atoms with E-state index in [4.69, 9.17) is 16.3 Å². The number of hydrogen-bond acceptors (Lipinski definition) is 7. The molecule has 1 aliphatic rings. The van der Waals surface area contributed by atoms with Gasteiger partial charge in [0.15, 0.2) is 5.82 Å². The van der Waals surface area contributed by atoms with Gasteiger partial charge >= 0.3 is 0 Å². The first-order valence-corrected chi connectivity index (χ1v) is 11.3. The lowest BCUT2D eigenvalue weighted by atomic mass is 9.91. The van der Waals surface area contributed by atoms with Gasteiger partial charge in [0, 0.05) is 32.4 Å². The lowest BCUT2D eigenvalue weighted by molar-refractivity contribution is 0.0923. The first-order chi connectivity index (χ1) is 16.0. The first-order valence-electron chi connectivity index (χ1n) is 10.9. The number of rotatable bonds is 7. The number of nitrogens with zero attached hydrogens (tertiary/aromatic N) is 4. The summed E-state index contributed by atoms with van der Waals surface area (Å²) in [4.78, 5) is 27.8. The topological polar surface area (TPSA) is 92.3 Å². The van der Waals surface area contributed by atoms with Crippen LogP contribution in [-0.4, -0.2) is 47.0 Å². The van der Waals surface area contributed by atoms with E-state index >= 15 is 0 Å². The molecule has 0 bridgehead atoms. The Bertz CT molecular complexity index is 1090. The zero-order valence-electron chi connectivity index (χ0n) is 19.1. The van der Waals surface area contributed by atoms with Gasteiger partial charge in [0.05, 0.1) is 6.20 Å². The minimum Gasteiger partial charge on any atom is -0.438 e. The van der Waals surface area contributed by atoms with Crippen molar-refractivity contribution in [2.75, 3.05) is 24.3 Å². The molecule has 1 saturated carbocycles. The summed E-state index contributed by atoms with van der Waals surface area (Å²) in [5.74, 6) is 2.00. The molecule has 1 fully saturated rings. The molecule has 0 unspecified atom stereocenters. The molecule has 1 aliphatic carbocycles. The average Bonchev–Trinajstić information content (AvgIpc) is 2.82. The van der Waals surface area contributed by atoms with Crippen LogP contribution >= 0.6 is 24.0 Å². The van der Waals surface area contributed by atoms with E-state index in [1.165, 1.54) is 0 Å². The van der Waals surface area contributed by atoms with Gasteiger partial charge in [-0.05, 0) is 49.9 Å². The number of ether oxygens (including phenoxy) is 1. The molecule has 34 heavy (non-hydrogen) atoms. The average molecular weight is 503 g/mol. The van der Waals surface area contributed by atoms with Crippen LogP contribution in [0, 0.1) is 0 Å². The third-order valence-corrected chi connectivity index (χ3v) is 5.78. The summed E-state index contributed by atoms with van der Waals surface area (Å²) >= 11 is 6.16. The molecule has 4 rings (SSSR count). The maximum Gasteiger partial charge on any atom is 0.257 e. The number of amides is 1. The van der Waals surface area contributed by atoms with E-state index in [0.717, 1.165) is 25.7 Å². The van der Waals surface area contributed by atoms with E-state index in [1.807, 2.05) is 49.3 Å². The van der Waals surface area contributed by atoms with Crippen LogP contribution in [0.1, 0.15) is 36.0 Å². The van der Waals surface area contributed by atoms with Gasteiger partial charge in [-0.25, -0.2) is 9.97 Å². The van der Waals surface area contributed by atoms with Crippen molar-refractivity contribution >= 4 is 41.7 Å². The van der Waals surface area contributed by atoms with Crippen LogP contribution in [0.3, 0.4) is 0 Å². The number of para-hydroxylation sites is 1. The summed E-state index contributed by atoms with van der Waals surface area (Å²) in [6, 6.07) is 13.1. The van der Waals surface area contributed by atoms with E-state index in [9.17, 15) is 4.79 Å². The summed E-state index contributed by atoms with van der Waals surface area (Å²) in [6.07, 6.45) is 6.73. The Kier molecular flexibility index (Phi) is 8.90. The Morgan fingerprint density at radius 1 is 1.03 bits per heavy atom. The van der Waals surface area contributed by atoms with Crippen molar-refractivity contribution in [2.45, 2.75) is 37.8 Å². The highest BCUT2D eigenvalue weighted by molar-refractivity contribution is 6.32. The van der Waals surface area contributed by atoms with Gasteiger partial charge in [-0.1, -0.05) is 29.8 Å². The Morgan fingerprint density at radius 2 is 1.74 bits per heavy atom. The number of benzene rings is 1. The molecule has 1 amide bonds. The third-order valence-electron chi connectivity index (χ3n) is 5.52. The molecule has 0 radical (unpaired) electrons. The van der Waals surface area contributed by atoms with Crippen LogP contribution in [0.25, 0.3) is 0 Å². The molecule has 10 heteroatoms. The highest BCUT2D eigenvalue weighted by atomic mass is 35.5. The second-order valence-corrected chi connectivity index (χ2v) is 8.60. The Balaban J connectivity index is 0.00000324. The zero-order chi connectivity index (χ0) is 23.2. The summed E-state index contributed by atoms with van der Waals surface area (Å²) in [5.41, 5.74) is 0.424. The number of carbonyl (C=O) groups excluding carboxylic acids is 1. The monoisotopic (exact) mass is 502 g/mol. The fourth-order valence-electron chi connectivity index (χ4n) is 3.81. The second kappa shape index (κ2) is 11.9. The molecule has 180 valence electrons. The van der Waals surface area contributed by atoms with Gasteiger partial charge in [-0.15, -0.1) is 12.4 Å². The van der Waals surface area contributed by atoms with E-state index in [2.05, 4.69) is 25.6 Å². The number of halogens is 2. The first kappa shape index (κ1) is 25.5. The molecule has 2 heterocycles. The maximum atomic E-state index is 12.9. The van der Waals surface area contributed by atoms with E-state index < -0.39 is 0 Å². The van der Waals surface area contributed by atoms with Crippen LogP contribution < -0.4 is 20.3 Å². The summed E-state index contributed by atoms with van der Waals surface area (Å²) in [7, 11) is 3.79. The molecule has 8 nitrogen and oxygen atoms in total. The van der Waals surface area contributed by atoms with Gasteiger partial charge in [0.25, 0.3) is 5.91 Å². The summed E-state index contributed by atoms with van der Waals surface area (Å²) in [5, 5.41) is 7.05. The molecule has 0 spiro atoms. The maximum absolute atomic E-state index is 12.9. The largest absolute Gasteiger partial charge is 0.438 e. The Hall–Kier alpha value is -3.10. The predicted octanol–water partition coefficient (Wildman–Crippen LogP) is 4.96. The number of anilines is 2. The summed E-state index contributed by atoms with van der Waals surface area (Å²) in [6.45, 7) is 0. The Labute approximate surface area is 210 Å². The van der Waals surface area contributed by atoms with Crippen molar-refractivity contribution in [2.24, 2.45) is 0 Å². The highest BCUT2D eigenvalue weighted by Crippen LogP contribution is 2.26. The molecular weight excluding hydrogens is 475 g/mol. The number of pyridine rings is 1. The number of aromatic nitrogens is 3. The molecule has 1 aromatic carbocycles. The van der Waals surface area contributed by atoms with Gasteiger partial charge in [0.1, 0.15) is 16.3 Å². The van der Waals surface area contributed by atoms with Crippen LogP contribution in [0.2, 0.25) is 5.02 Å². The molecular formula is C24H28Cl2N6O2. The van der Waals surface area contributed by atoms with Crippen molar-refractivity contribution in [3.8, 4) is 11.6 Å².